The number of ether oxygens (including phenoxy) is 1. The average molecular weight is 424 g/mol. The number of hydrogen-bond acceptors (Lipinski definition) is 4. The molecule has 3 N–H and O–H groups in total. The molecule has 1 heterocycles. The molecule has 1 rings (SSSR count). The van der Waals surface area contributed by atoms with E-state index in [-0.39, 0.29) is 36.4 Å². The molecule has 0 saturated carbocycles. The van der Waals surface area contributed by atoms with Gasteiger partial charge in [0, 0.05) is 26.8 Å². The summed E-state index contributed by atoms with van der Waals surface area (Å²) in [5.74, 6) is 1.20. The highest BCUT2D eigenvalue weighted by atomic mass is 127. The van der Waals surface area contributed by atoms with Crippen molar-refractivity contribution in [2.45, 2.75) is 19.9 Å². The summed E-state index contributed by atoms with van der Waals surface area (Å²) in [6.45, 7) is 4.69. The zero-order valence-electron chi connectivity index (χ0n) is 13.1. The van der Waals surface area contributed by atoms with Gasteiger partial charge in [0.05, 0.1) is 19.4 Å². The molecular weight excluding hydrogens is 399 g/mol. The largest absolute Gasteiger partial charge is 0.467 e. The standard InChI is InChI=1S/C14H24N4O3.HI/c1-3-20-8-5-7-16-14(15-2)18-11-13(19)17-10-12-6-4-9-21-12;/h4,6,9H,3,5,7-8,10-11H2,1-2H3,(H,17,19)(H2,15,16,18);1H. The topological polar surface area (TPSA) is 87.9 Å². The number of hydrogen-bond donors (Lipinski definition) is 3. The highest BCUT2D eigenvalue weighted by Gasteiger charge is 2.04. The first-order valence-corrected chi connectivity index (χ1v) is 7.07. The fraction of sp³-hybridized carbons (Fsp3) is 0.571. The smallest absolute Gasteiger partial charge is 0.239 e. The van der Waals surface area contributed by atoms with Gasteiger partial charge >= 0.3 is 0 Å². The Morgan fingerprint density at radius 1 is 1.36 bits per heavy atom. The van der Waals surface area contributed by atoms with Gasteiger partial charge in [0.25, 0.3) is 0 Å². The van der Waals surface area contributed by atoms with Gasteiger partial charge in [-0.3, -0.25) is 9.79 Å². The normalized spacial score (nSPS) is 10.7. The van der Waals surface area contributed by atoms with Crippen molar-refractivity contribution < 1.29 is 13.9 Å². The van der Waals surface area contributed by atoms with Crippen LogP contribution in [0.2, 0.25) is 0 Å². The van der Waals surface area contributed by atoms with Crippen molar-refractivity contribution in [2.75, 3.05) is 33.4 Å². The predicted molar refractivity (Wildman–Crippen MR) is 96.4 cm³/mol. The lowest BCUT2D eigenvalue weighted by molar-refractivity contribution is -0.120. The van der Waals surface area contributed by atoms with E-state index in [4.69, 9.17) is 9.15 Å². The first-order valence-electron chi connectivity index (χ1n) is 7.07. The Labute approximate surface area is 148 Å². The molecule has 0 fully saturated rings. The number of nitrogens with zero attached hydrogens (tertiary/aromatic N) is 1. The molecule has 0 aliphatic heterocycles. The van der Waals surface area contributed by atoms with Crippen molar-refractivity contribution in [3.63, 3.8) is 0 Å². The maximum absolute atomic E-state index is 11.7. The Balaban J connectivity index is 0.00000441. The lowest BCUT2D eigenvalue weighted by Crippen LogP contribution is -2.43. The molecule has 8 heteroatoms. The summed E-state index contributed by atoms with van der Waals surface area (Å²) in [5.41, 5.74) is 0. The minimum atomic E-state index is -0.122. The van der Waals surface area contributed by atoms with E-state index >= 15 is 0 Å². The van der Waals surface area contributed by atoms with Crippen LogP contribution in [0, 0.1) is 0 Å². The molecule has 0 unspecified atom stereocenters. The number of aliphatic imine (C=N–C) groups is 1. The number of carbonyl (C=O) groups excluding carboxylic acids is 1. The van der Waals surface area contributed by atoms with Gasteiger partial charge in [0.15, 0.2) is 5.96 Å². The summed E-state index contributed by atoms with van der Waals surface area (Å²) in [5, 5.41) is 8.81. The molecule has 0 atom stereocenters. The number of amides is 1. The zero-order chi connectivity index (χ0) is 15.3. The molecule has 1 aromatic heterocycles. The summed E-state index contributed by atoms with van der Waals surface area (Å²) in [6, 6.07) is 3.60. The van der Waals surface area contributed by atoms with E-state index in [1.54, 1.807) is 19.4 Å². The number of carbonyl (C=O) groups is 1. The van der Waals surface area contributed by atoms with E-state index in [9.17, 15) is 4.79 Å². The second-order valence-corrected chi connectivity index (χ2v) is 4.26. The fourth-order valence-corrected chi connectivity index (χ4v) is 1.57. The van der Waals surface area contributed by atoms with Crippen LogP contribution in [0.15, 0.2) is 27.8 Å². The van der Waals surface area contributed by atoms with Gasteiger partial charge in [-0.1, -0.05) is 0 Å². The minimum Gasteiger partial charge on any atom is -0.467 e. The molecule has 0 aliphatic carbocycles. The number of guanidine groups is 1. The fourth-order valence-electron chi connectivity index (χ4n) is 1.57. The molecule has 0 aliphatic rings. The molecule has 0 aromatic carbocycles. The van der Waals surface area contributed by atoms with Crippen LogP contribution in [0.3, 0.4) is 0 Å². The van der Waals surface area contributed by atoms with Gasteiger partial charge < -0.3 is 25.1 Å². The number of halogens is 1. The maximum Gasteiger partial charge on any atom is 0.239 e. The van der Waals surface area contributed by atoms with E-state index in [2.05, 4.69) is 20.9 Å². The molecule has 1 amide bonds. The third-order valence-electron chi connectivity index (χ3n) is 2.64. The predicted octanol–water partition coefficient (Wildman–Crippen LogP) is 1.11. The van der Waals surface area contributed by atoms with Crippen molar-refractivity contribution in [3.8, 4) is 0 Å². The molecule has 22 heavy (non-hydrogen) atoms. The van der Waals surface area contributed by atoms with Gasteiger partial charge in [-0.15, -0.1) is 24.0 Å². The van der Waals surface area contributed by atoms with Crippen molar-refractivity contribution in [3.05, 3.63) is 24.2 Å². The van der Waals surface area contributed by atoms with Gasteiger partial charge in [0.2, 0.25) is 5.91 Å². The molecule has 126 valence electrons. The van der Waals surface area contributed by atoms with Crippen LogP contribution in [0.4, 0.5) is 0 Å². The average Bonchev–Trinajstić information content (AvgIpc) is 3.01. The van der Waals surface area contributed by atoms with Gasteiger partial charge in [-0.25, -0.2) is 0 Å². The van der Waals surface area contributed by atoms with E-state index in [0.717, 1.165) is 25.3 Å². The van der Waals surface area contributed by atoms with E-state index in [1.807, 2.05) is 13.0 Å². The molecule has 0 saturated heterocycles. The van der Waals surface area contributed by atoms with Crippen LogP contribution in [0.25, 0.3) is 0 Å². The molecule has 0 bridgehead atoms. The summed E-state index contributed by atoms with van der Waals surface area (Å²) < 4.78 is 10.4. The lowest BCUT2D eigenvalue weighted by atomic mass is 10.4. The summed E-state index contributed by atoms with van der Waals surface area (Å²) in [7, 11) is 1.67. The first kappa shape index (κ1) is 20.7. The zero-order valence-corrected chi connectivity index (χ0v) is 15.4. The van der Waals surface area contributed by atoms with Crippen LogP contribution in [-0.4, -0.2) is 45.2 Å². The van der Waals surface area contributed by atoms with Gasteiger partial charge in [0.1, 0.15) is 5.76 Å². The van der Waals surface area contributed by atoms with E-state index in [0.29, 0.717) is 19.1 Å². The molecule has 1 aromatic rings. The Kier molecular flexibility index (Phi) is 12.6. The Morgan fingerprint density at radius 2 is 2.18 bits per heavy atom. The third kappa shape index (κ3) is 9.61. The second kappa shape index (κ2) is 13.4. The van der Waals surface area contributed by atoms with Crippen LogP contribution in [-0.2, 0) is 16.1 Å². The first-order chi connectivity index (χ1) is 10.3. The number of nitrogens with one attached hydrogen (secondary N) is 3. The van der Waals surface area contributed by atoms with Crippen molar-refractivity contribution >= 4 is 35.8 Å². The van der Waals surface area contributed by atoms with Crippen LogP contribution in [0.5, 0.6) is 0 Å². The number of furan rings is 1. The van der Waals surface area contributed by atoms with Crippen molar-refractivity contribution in [1.29, 1.82) is 0 Å². The number of rotatable bonds is 9. The van der Waals surface area contributed by atoms with Crippen LogP contribution in [0.1, 0.15) is 19.1 Å². The molecule has 0 spiro atoms. The van der Waals surface area contributed by atoms with Gasteiger partial charge in [-0.05, 0) is 25.5 Å². The highest BCUT2D eigenvalue weighted by Crippen LogP contribution is 1.97. The van der Waals surface area contributed by atoms with Crippen LogP contribution < -0.4 is 16.0 Å². The third-order valence-corrected chi connectivity index (χ3v) is 2.64. The monoisotopic (exact) mass is 424 g/mol. The molecular formula is C14H25IN4O3. The molecule has 0 radical (unpaired) electrons. The summed E-state index contributed by atoms with van der Waals surface area (Å²) >= 11 is 0. The summed E-state index contributed by atoms with van der Waals surface area (Å²) in [4.78, 5) is 15.7. The Morgan fingerprint density at radius 3 is 2.82 bits per heavy atom. The minimum absolute atomic E-state index is 0. The quantitative estimate of drug-likeness (QED) is 0.239. The SMILES string of the molecule is CCOCCCNC(=NC)NCC(=O)NCc1ccco1.I. The van der Waals surface area contributed by atoms with Crippen LogP contribution >= 0.6 is 24.0 Å². The van der Waals surface area contributed by atoms with E-state index in [1.165, 1.54) is 0 Å². The lowest BCUT2D eigenvalue weighted by Gasteiger charge is -2.11. The Hall–Kier alpha value is -1.29. The second-order valence-electron chi connectivity index (χ2n) is 4.26. The highest BCUT2D eigenvalue weighted by molar-refractivity contribution is 14.0. The maximum atomic E-state index is 11.7. The van der Waals surface area contributed by atoms with Gasteiger partial charge in [-0.2, -0.15) is 0 Å². The molecule has 7 nitrogen and oxygen atoms in total. The Bertz CT molecular complexity index is 424. The van der Waals surface area contributed by atoms with Crippen molar-refractivity contribution in [2.24, 2.45) is 4.99 Å². The van der Waals surface area contributed by atoms with Crippen molar-refractivity contribution in [1.82, 2.24) is 16.0 Å². The summed E-state index contributed by atoms with van der Waals surface area (Å²) in [6.07, 6.45) is 2.47. The van der Waals surface area contributed by atoms with E-state index < -0.39 is 0 Å².